The second-order valence-electron chi connectivity index (χ2n) is 8.29. The molecule has 1 atom stereocenters. The predicted octanol–water partition coefficient (Wildman–Crippen LogP) is 5.47. The minimum atomic E-state index is -0.503. The molecule has 6 heteroatoms. The fourth-order valence-corrected chi connectivity index (χ4v) is 4.92. The Morgan fingerprint density at radius 3 is 2.32 bits per heavy atom. The van der Waals surface area contributed by atoms with E-state index in [1.807, 2.05) is 31.2 Å². The molecule has 0 unspecified atom stereocenters. The van der Waals surface area contributed by atoms with Crippen molar-refractivity contribution in [3.63, 3.8) is 0 Å². The minimum absolute atomic E-state index is 0.00546. The summed E-state index contributed by atoms with van der Waals surface area (Å²) >= 11 is 5.05. The summed E-state index contributed by atoms with van der Waals surface area (Å²) < 4.78 is 0.995. The molecule has 2 aromatic carbocycles. The quantitative estimate of drug-likeness (QED) is 0.494. The summed E-state index contributed by atoms with van der Waals surface area (Å²) in [7, 11) is 0. The Bertz CT molecular complexity index is 864. The van der Waals surface area contributed by atoms with Crippen LogP contribution in [0.1, 0.15) is 49.3 Å². The van der Waals surface area contributed by atoms with Gasteiger partial charge in [0.2, 0.25) is 11.8 Å². The van der Waals surface area contributed by atoms with Crippen LogP contribution in [-0.4, -0.2) is 34.6 Å². The maximum Gasteiger partial charge on any atom is 0.242 e. The number of thioether (sulfide) groups is 1. The third kappa shape index (κ3) is 7.39. The van der Waals surface area contributed by atoms with E-state index in [0.717, 1.165) is 41.5 Å². The molecule has 166 valence electrons. The van der Waals surface area contributed by atoms with Crippen LogP contribution in [0, 0.1) is 6.92 Å². The van der Waals surface area contributed by atoms with Gasteiger partial charge < -0.3 is 10.2 Å². The Morgan fingerprint density at radius 2 is 1.68 bits per heavy atom. The zero-order chi connectivity index (χ0) is 22.2. The highest BCUT2D eigenvalue weighted by Gasteiger charge is 2.28. The van der Waals surface area contributed by atoms with Crippen molar-refractivity contribution < 1.29 is 9.59 Å². The van der Waals surface area contributed by atoms with E-state index in [4.69, 9.17) is 0 Å². The van der Waals surface area contributed by atoms with Gasteiger partial charge in [0.15, 0.2) is 0 Å². The van der Waals surface area contributed by atoms with Crippen molar-refractivity contribution in [3.05, 3.63) is 69.7 Å². The van der Waals surface area contributed by atoms with Crippen LogP contribution in [0.15, 0.2) is 53.0 Å². The van der Waals surface area contributed by atoms with Crippen molar-refractivity contribution in [2.45, 2.75) is 63.9 Å². The molecule has 0 bridgehead atoms. The lowest BCUT2D eigenvalue weighted by Crippen LogP contribution is -2.50. The first-order valence-electron chi connectivity index (χ1n) is 10.9. The van der Waals surface area contributed by atoms with Crippen molar-refractivity contribution in [2.75, 3.05) is 5.75 Å². The molecule has 3 rings (SSSR count). The van der Waals surface area contributed by atoms with Gasteiger partial charge in [-0.15, -0.1) is 11.8 Å². The molecule has 2 amide bonds. The molecule has 1 N–H and O–H groups in total. The molecule has 0 saturated heterocycles. The number of benzene rings is 2. The molecular weight excluding hydrogens is 472 g/mol. The lowest BCUT2D eigenvalue weighted by Gasteiger charge is -2.29. The van der Waals surface area contributed by atoms with Gasteiger partial charge in [-0.3, -0.25) is 9.59 Å². The van der Waals surface area contributed by atoms with Crippen molar-refractivity contribution in [1.29, 1.82) is 0 Å². The zero-order valence-corrected chi connectivity index (χ0v) is 20.7. The first-order chi connectivity index (χ1) is 14.9. The van der Waals surface area contributed by atoms with E-state index < -0.39 is 6.04 Å². The van der Waals surface area contributed by atoms with Crippen molar-refractivity contribution >= 4 is 39.5 Å². The highest BCUT2D eigenvalue weighted by molar-refractivity contribution is 9.10. The van der Waals surface area contributed by atoms with Gasteiger partial charge in [0.05, 0.1) is 5.75 Å². The zero-order valence-electron chi connectivity index (χ0n) is 18.3. The lowest BCUT2D eigenvalue weighted by atomic mass is 10.1. The second-order valence-corrected chi connectivity index (χ2v) is 10.2. The van der Waals surface area contributed by atoms with Gasteiger partial charge >= 0.3 is 0 Å². The largest absolute Gasteiger partial charge is 0.352 e. The number of hydrogen-bond donors (Lipinski definition) is 1. The van der Waals surface area contributed by atoms with Crippen LogP contribution >= 0.6 is 27.7 Å². The third-order valence-electron chi connectivity index (χ3n) is 5.75. The van der Waals surface area contributed by atoms with Gasteiger partial charge in [-0.05, 0) is 49.9 Å². The fourth-order valence-electron chi connectivity index (χ4n) is 3.78. The minimum Gasteiger partial charge on any atom is -0.352 e. The van der Waals surface area contributed by atoms with E-state index in [0.29, 0.717) is 12.3 Å². The van der Waals surface area contributed by atoms with E-state index in [1.165, 1.54) is 11.1 Å². The monoisotopic (exact) mass is 502 g/mol. The van der Waals surface area contributed by atoms with Crippen LogP contribution < -0.4 is 5.32 Å². The van der Waals surface area contributed by atoms with E-state index in [-0.39, 0.29) is 17.9 Å². The first kappa shape index (κ1) is 23.9. The summed E-state index contributed by atoms with van der Waals surface area (Å²) in [6.07, 6.45) is 4.39. The molecule has 0 aromatic heterocycles. The van der Waals surface area contributed by atoms with Crippen molar-refractivity contribution in [3.8, 4) is 0 Å². The van der Waals surface area contributed by atoms with Gasteiger partial charge in [-0.2, -0.15) is 0 Å². The van der Waals surface area contributed by atoms with Gasteiger partial charge in [0.1, 0.15) is 6.04 Å². The Hall–Kier alpha value is -1.79. The highest BCUT2D eigenvalue weighted by atomic mass is 79.9. The summed E-state index contributed by atoms with van der Waals surface area (Å²) in [5.74, 6) is 1.07. The number of nitrogens with zero attached hydrogens (tertiary/aromatic N) is 1. The van der Waals surface area contributed by atoms with Gasteiger partial charge in [0, 0.05) is 22.8 Å². The lowest BCUT2D eigenvalue weighted by molar-refractivity contribution is -0.138. The number of carbonyl (C=O) groups excluding carboxylic acids is 2. The molecule has 31 heavy (non-hydrogen) atoms. The SMILES string of the molecule is Cc1ccc(CSCC(=O)N(Cc2ccc(Br)cc2)[C@H](C)C(=O)NC2CCCC2)cc1. The average Bonchev–Trinajstić information content (AvgIpc) is 3.27. The number of carbonyl (C=O) groups is 2. The standard InChI is InChI=1S/C25H31BrN2O2S/c1-18-7-9-21(10-8-18)16-31-17-24(29)28(15-20-11-13-22(26)14-12-20)19(2)25(30)27-23-5-3-4-6-23/h7-14,19,23H,3-6,15-17H2,1-2H3,(H,27,30)/t19-/m1/s1. The number of rotatable bonds is 9. The smallest absolute Gasteiger partial charge is 0.242 e. The van der Waals surface area contributed by atoms with E-state index in [2.05, 4.69) is 52.4 Å². The topological polar surface area (TPSA) is 49.4 Å². The summed E-state index contributed by atoms with van der Waals surface area (Å²) in [5.41, 5.74) is 3.45. The summed E-state index contributed by atoms with van der Waals surface area (Å²) in [6, 6.07) is 16.0. The van der Waals surface area contributed by atoms with Crippen molar-refractivity contribution in [1.82, 2.24) is 10.2 Å². The Balaban J connectivity index is 1.64. The normalized spacial score (nSPS) is 14.9. The molecule has 0 heterocycles. The average molecular weight is 504 g/mol. The Labute approximate surface area is 198 Å². The van der Waals surface area contributed by atoms with E-state index in [1.54, 1.807) is 16.7 Å². The molecule has 4 nitrogen and oxygen atoms in total. The molecular formula is C25H31BrN2O2S. The molecule has 1 aliphatic carbocycles. The first-order valence-corrected chi connectivity index (χ1v) is 12.8. The van der Waals surface area contributed by atoms with Crippen molar-refractivity contribution in [2.24, 2.45) is 0 Å². The molecule has 2 aromatic rings. The molecule has 0 radical (unpaired) electrons. The van der Waals surface area contributed by atoms with Crippen LogP contribution in [0.3, 0.4) is 0 Å². The van der Waals surface area contributed by atoms with Crippen LogP contribution in [-0.2, 0) is 21.9 Å². The van der Waals surface area contributed by atoms with E-state index in [9.17, 15) is 9.59 Å². The van der Waals surface area contributed by atoms with Crippen LogP contribution in [0.5, 0.6) is 0 Å². The van der Waals surface area contributed by atoms with E-state index >= 15 is 0 Å². The molecule has 0 spiro atoms. The summed E-state index contributed by atoms with van der Waals surface area (Å²) in [6.45, 7) is 4.33. The van der Waals surface area contributed by atoms with Crippen LogP contribution in [0.2, 0.25) is 0 Å². The third-order valence-corrected chi connectivity index (χ3v) is 7.27. The second kappa shape index (κ2) is 11.7. The number of amides is 2. The fraction of sp³-hybridized carbons (Fsp3) is 0.440. The number of halogens is 1. The Morgan fingerprint density at radius 1 is 1.06 bits per heavy atom. The van der Waals surface area contributed by atoms with Gasteiger partial charge in [0.25, 0.3) is 0 Å². The highest BCUT2D eigenvalue weighted by Crippen LogP contribution is 2.20. The predicted molar refractivity (Wildman–Crippen MR) is 132 cm³/mol. The molecule has 1 fully saturated rings. The van der Waals surface area contributed by atoms with Gasteiger partial charge in [-0.25, -0.2) is 0 Å². The maximum atomic E-state index is 13.2. The summed E-state index contributed by atoms with van der Waals surface area (Å²) in [5, 5.41) is 3.15. The van der Waals surface area contributed by atoms with Gasteiger partial charge in [-0.1, -0.05) is 70.7 Å². The number of aryl methyl sites for hydroxylation is 1. The number of nitrogens with one attached hydrogen (secondary N) is 1. The summed E-state index contributed by atoms with van der Waals surface area (Å²) in [4.78, 5) is 27.8. The number of hydrogen-bond acceptors (Lipinski definition) is 3. The van der Waals surface area contributed by atoms with Crippen LogP contribution in [0.4, 0.5) is 0 Å². The van der Waals surface area contributed by atoms with Crippen LogP contribution in [0.25, 0.3) is 0 Å². The Kier molecular flexibility index (Phi) is 9.02. The molecule has 0 aliphatic heterocycles. The molecule has 1 aliphatic rings. The molecule has 1 saturated carbocycles. The maximum absolute atomic E-state index is 13.2.